The number of rotatable bonds is 0. The van der Waals surface area contributed by atoms with Crippen LogP contribution >= 0.6 is 12.6 Å². The molecule has 0 amide bonds. The van der Waals surface area contributed by atoms with Gasteiger partial charge in [-0.15, -0.1) is 12.6 Å². The standard InChI is InChI=1S/C9H6FN3S/c1-13-8-2-5(4-11)6(10)3-7(8)12-9(13)14/h2-3H,1H3,(H,12,14). The van der Waals surface area contributed by atoms with Gasteiger partial charge >= 0.3 is 0 Å². The van der Waals surface area contributed by atoms with Crippen LogP contribution in [0.3, 0.4) is 0 Å². The first-order chi connectivity index (χ1) is 6.63. The molecule has 1 aromatic carbocycles. The molecule has 0 fully saturated rings. The van der Waals surface area contributed by atoms with E-state index in [1.165, 1.54) is 12.1 Å². The minimum Gasteiger partial charge on any atom is -0.322 e. The van der Waals surface area contributed by atoms with Gasteiger partial charge in [-0.05, 0) is 6.07 Å². The highest BCUT2D eigenvalue weighted by Gasteiger charge is 2.09. The first-order valence-electron chi connectivity index (χ1n) is 3.88. The highest BCUT2D eigenvalue weighted by molar-refractivity contribution is 7.80. The predicted octanol–water partition coefficient (Wildman–Crippen LogP) is 1.87. The van der Waals surface area contributed by atoms with Gasteiger partial charge in [-0.1, -0.05) is 0 Å². The Labute approximate surface area is 85.2 Å². The SMILES string of the molecule is Cn1c(S)nc2cc(F)c(C#N)cc21. The molecule has 3 nitrogen and oxygen atoms in total. The lowest BCUT2D eigenvalue weighted by Gasteiger charge is -1.96. The van der Waals surface area contributed by atoms with Gasteiger partial charge in [0.05, 0.1) is 16.6 Å². The van der Waals surface area contributed by atoms with Crippen molar-refractivity contribution in [1.29, 1.82) is 5.26 Å². The molecule has 0 spiro atoms. The van der Waals surface area contributed by atoms with Crippen molar-refractivity contribution in [3.8, 4) is 6.07 Å². The molecular weight excluding hydrogens is 201 g/mol. The number of hydrogen-bond acceptors (Lipinski definition) is 3. The largest absolute Gasteiger partial charge is 0.322 e. The predicted molar refractivity (Wildman–Crippen MR) is 52.6 cm³/mol. The van der Waals surface area contributed by atoms with Crippen molar-refractivity contribution >= 4 is 23.7 Å². The zero-order chi connectivity index (χ0) is 10.3. The normalized spacial score (nSPS) is 10.4. The zero-order valence-electron chi connectivity index (χ0n) is 7.32. The van der Waals surface area contributed by atoms with Gasteiger partial charge in [0.15, 0.2) is 5.16 Å². The van der Waals surface area contributed by atoms with E-state index in [-0.39, 0.29) is 5.56 Å². The summed E-state index contributed by atoms with van der Waals surface area (Å²) in [5.41, 5.74) is 1.23. The van der Waals surface area contributed by atoms with Gasteiger partial charge in [-0.2, -0.15) is 5.26 Å². The average Bonchev–Trinajstić information content (AvgIpc) is 2.41. The van der Waals surface area contributed by atoms with Crippen LogP contribution in [-0.2, 0) is 7.05 Å². The van der Waals surface area contributed by atoms with Crippen LogP contribution in [-0.4, -0.2) is 9.55 Å². The molecule has 70 valence electrons. The Balaban J connectivity index is 2.88. The number of aromatic nitrogens is 2. The molecule has 0 saturated heterocycles. The summed E-state index contributed by atoms with van der Waals surface area (Å²) in [5, 5.41) is 9.13. The molecule has 0 aliphatic heterocycles. The number of hydrogen-bond donors (Lipinski definition) is 1. The summed E-state index contributed by atoms with van der Waals surface area (Å²) in [6, 6.07) is 4.50. The Morgan fingerprint density at radius 2 is 2.29 bits per heavy atom. The van der Waals surface area contributed by atoms with Crippen molar-refractivity contribution < 1.29 is 4.39 Å². The van der Waals surface area contributed by atoms with Crippen LogP contribution in [0.1, 0.15) is 5.56 Å². The Kier molecular flexibility index (Phi) is 1.93. The van der Waals surface area contributed by atoms with Crippen LogP contribution in [0.5, 0.6) is 0 Å². The molecule has 0 N–H and O–H groups in total. The second-order valence-electron chi connectivity index (χ2n) is 2.90. The first kappa shape index (κ1) is 9.03. The fourth-order valence-corrected chi connectivity index (χ4v) is 1.50. The number of nitriles is 1. The third-order valence-electron chi connectivity index (χ3n) is 2.07. The van der Waals surface area contributed by atoms with E-state index in [1.54, 1.807) is 17.7 Å². The first-order valence-corrected chi connectivity index (χ1v) is 4.33. The molecular formula is C9H6FN3S. The van der Waals surface area contributed by atoms with Gasteiger partial charge in [-0.25, -0.2) is 9.37 Å². The van der Waals surface area contributed by atoms with E-state index in [9.17, 15) is 4.39 Å². The summed E-state index contributed by atoms with van der Waals surface area (Å²) < 4.78 is 14.9. The molecule has 0 unspecified atom stereocenters. The lowest BCUT2D eigenvalue weighted by atomic mass is 10.2. The van der Waals surface area contributed by atoms with Gasteiger partial charge in [0.25, 0.3) is 0 Å². The van der Waals surface area contributed by atoms with E-state index < -0.39 is 5.82 Å². The van der Waals surface area contributed by atoms with E-state index in [0.29, 0.717) is 16.2 Å². The molecule has 0 aliphatic rings. The molecule has 1 aromatic heterocycles. The van der Waals surface area contributed by atoms with Crippen molar-refractivity contribution in [2.45, 2.75) is 5.16 Å². The number of halogens is 1. The van der Waals surface area contributed by atoms with Crippen molar-refractivity contribution in [2.24, 2.45) is 7.05 Å². The van der Waals surface area contributed by atoms with E-state index in [2.05, 4.69) is 17.6 Å². The number of fused-ring (bicyclic) bond motifs is 1. The summed E-state index contributed by atoms with van der Waals surface area (Å²) >= 11 is 4.10. The van der Waals surface area contributed by atoms with Crippen LogP contribution in [0.4, 0.5) is 4.39 Å². The van der Waals surface area contributed by atoms with Gasteiger partial charge in [-0.3, -0.25) is 0 Å². The van der Waals surface area contributed by atoms with Gasteiger partial charge in [0, 0.05) is 13.1 Å². The summed E-state index contributed by atoms with van der Waals surface area (Å²) in [4.78, 5) is 4.03. The van der Waals surface area contributed by atoms with Crippen LogP contribution < -0.4 is 0 Å². The van der Waals surface area contributed by atoms with Crippen molar-refractivity contribution in [1.82, 2.24) is 9.55 Å². The maximum Gasteiger partial charge on any atom is 0.165 e. The summed E-state index contributed by atoms with van der Waals surface area (Å²) in [5.74, 6) is -0.550. The van der Waals surface area contributed by atoms with E-state index in [4.69, 9.17) is 5.26 Å². The molecule has 2 aromatic rings. The third kappa shape index (κ3) is 1.16. The summed E-state index contributed by atoms with van der Waals surface area (Å²) in [7, 11) is 1.76. The van der Waals surface area contributed by atoms with Crippen LogP contribution in [0, 0.1) is 17.1 Å². The minimum absolute atomic E-state index is 0.0221. The topological polar surface area (TPSA) is 41.6 Å². The van der Waals surface area contributed by atoms with Crippen LogP contribution in [0.25, 0.3) is 11.0 Å². The molecule has 5 heteroatoms. The van der Waals surface area contributed by atoms with Gasteiger partial charge in [0.1, 0.15) is 11.9 Å². The fourth-order valence-electron chi connectivity index (χ4n) is 1.29. The Hall–Kier alpha value is -1.54. The zero-order valence-corrected chi connectivity index (χ0v) is 8.22. The quantitative estimate of drug-likeness (QED) is 0.670. The van der Waals surface area contributed by atoms with Crippen molar-refractivity contribution in [3.63, 3.8) is 0 Å². The fraction of sp³-hybridized carbons (Fsp3) is 0.111. The minimum atomic E-state index is -0.550. The lowest BCUT2D eigenvalue weighted by Crippen LogP contribution is -1.89. The van der Waals surface area contributed by atoms with Crippen LogP contribution in [0.2, 0.25) is 0 Å². The molecule has 1 heterocycles. The van der Waals surface area contributed by atoms with E-state index >= 15 is 0 Å². The molecule has 2 rings (SSSR count). The van der Waals surface area contributed by atoms with E-state index in [0.717, 1.165) is 0 Å². The third-order valence-corrected chi connectivity index (χ3v) is 2.47. The molecule has 14 heavy (non-hydrogen) atoms. The van der Waals surface area contributed by atoms with Gasteiger partial charge < -0.3 is 4.57 Å². The molecule has 0 saturated carbocycles. The maximum atomic E-state index is 13.2. The highest BCUT2D eigenvalue weighted by Crippen LogP contribution is 2.20. The Morgan fingerprint density at radius 3 is 2.93 bits per heavy atom. The molecule has 0 bridgehead atoms. The molecule has 0 atom stereocenters. The second kappa shape index (κ2) is 3.00. The Morgan fingerprint density at radius 1 is 1.57 bits per heavy atom. The summed E-state index contributed by atoms with van der Waals surface area (Å²) in [6.45, 7) is 0. The molecule has 0 aliphatic carbocycles. The lowest BCUT2D eigenvalue weighted by molar-refractivity contribution is 0.625. The van der Waals surface area contributed by atoms with Crippen molar-refractivity contribution in [3.05, 3.63) is 23.5 Å². The van der Waals surface area contributed by atoms with Gasteiger partial charge in [0.2, 0.25) is 0 Å². The maximum absolute atomic E-state index is 13.2. The monoisotopic (exact) mass is 207 g/mol. The number of nitrogens with zero attached hydrogens (tertiary/aromatic N) is 3. The van der Waals surface area contributed by atoms with Crippen molar-refractivity contribution in [2.75, 3.05) is 0 Å². The second-order valence-corrected chi connectivity index (χ2v) is 3.30. The summed E-state index contributed by atoms with van der Waals surface area (Å²) in [6.07, 6.45) is 0. The number of benzene rings is 1. The number of thiol groups is 1. The average molecular weight is 207 g/mol. The molecule has 0 radical (unpaired) electrons. The van der Waals surface area contributed by atoms with E-state index in [1.807, 2.05) is 0 Å². The number of imidazole rings is 1. The smallest absolute Gasteiger partial charge is 0.165 e. The highest BCUT2D eigenvalue weighted by atomic mass is 32.1. The van der Waals surface area contributed by atoms with Crippen LogP contribution in [0.15, 0.2) is 17.3 Å². The Bertz CT molecular complexity index is 553. The number of aryl methyl sites for hydroxylation is 1.